The van der Waals surface area contributed by atoms with Crippen LogP contribution in [0.25, 0.3) is 0 Å². The molecule has 1 saturated heterocycles. The minimum absolute atomic E-state index is 0.138. The van der Waals surface area contributed by atoms with Gasteiger partial charge in [-0.3, -0.25) is 4.99 Å². The van der Waals surface area contributed by atoms with Crippen LogP contribution in [0.4, 0.5) is 0 Å². The lowest BCUT2D eigenvalue weighted by Gasteiger charge is -2.60. The second kappa shape index (κ2) is 7.36. The molecule has 0 aromatic carbocycles. The third-order valence-electron chi connectivity index (χ3n) is 5.62. The highest BCUT2D eigenvalue weighted by Gasteiger charge is 2.58. The molecule has 1 saturated carbocycles. The van der Waals surface area contributed by atoms with E-state index in [1.54, 1.807) is 0 Å². The van der Waals surface area contributed by atoms with Crippen molar-refractivity contribution < 1.29 is 4.74 Å². The smallest absolute Gasteiger partial charge is 0.191 e. The number of hydrogen-bond acceptors (Lipinski definition) is 3. The van der Waals surface area contributed by atoms with Crippen molar-refractivity contribution in [2.24, 2.45) is 22.2 Å². The average Bonchev–Trinajstić information content (AvgIpc) is 3.01. The van der Waals surface area contributed by atoms with E-state index in [0.717, 1.165) is 31.4 Å². The predicted octanol–water partition coefficient (Wildman–Crippen LogP) is 2.41. The molecule has 6 nitrogen and oxygen atoms in total. The Hall–Kier alpha value is -1.56. The first-order chi connectivity index (χ1) is 11.9. The van der Waals surface area contributed by atoms with Gasteiger partial charge in [-0.2, -0.15) is 0 Å². The zero-order valence-electron chi connectivity index (χ0n) is 16.2. The second-order valence-corrected chi connectivity index (χ2v) is 8.36. The van der Waals surface area contributed by atoms with Crippen molar-refractivity contribution in [2.45, 2.75) is 65.8 Å². The van der Waals surface area contributed by atoms with Gasteiger partial charge in [0.2, 0.25) is 0 Å². The summed E-state index contributed by atoms with van der Waals surface area (Å²) in [6.07, 6.45) is 6.69. The maximum atomic E-state index is 6.00. The van der Waals surface area contributed by atoms with Crippen molar-refractivity contribution in [1.82, 2.24) is 20.2 Å². The highest BCUT2D eigenvalue weighted by Crippen LogP contribution is 2.51. The molecule has 25 heavy (non-hydrogen) atoms. The summed E-state index contributed by atoms with van der Waals surface area (Å²) in [4.78, 5) is 8.90. The molecule has 0 amide bonds. The van der Waals surface area contributed by atoms with E-state index in [1.807, 2.05) is 19.4 Å². The summed E-state index contributed by atoms with van der Waals surface area (Å²) in [6.45, 7) is 11.6. The first kappa shape index (κ1) is 18.2. The van der Waals surface area contributed by atoms with E-state index < -0.39 is 0 Å². The van der Waals surface area contributed by atoms with Crippen molar-refractivity contribution in [2.75, 3.05) is 13.7 Å². The summed E-state index contributed by atoms with van der Waals surface area (Å²) in [6, 6.07) is 0.402. The molecular weight excluding hydrogens is 314 g/mol. The monoisotopic (exact) mass is 347 g/mol. The molecule has 2 fully saturated rings. The van der Waals surface area contributed by atoms with Crippen molar-refractivity contribution >= 4 is 5.96 Å². The molecule has 1 aromatic heterocycles. The number of aliphatic imine (C=N–C) groups is 1. The van der Waals surface area contributed by atoms with E-state index in [4.69, 9.17) is 4.74 Å². The molecular formula is C19H33N5O. The molecule has 2 aliphatic rings. The van der Waals surface area contributed by atoms with Crippen molar-refractivity contribution in [3.8, 4) is 0 Å². The molecule has 0 bridgehead atoms. The van der Waals surface area contributed by atoms with Gasteiger partial charge in [0.1, 0.15) is 5.82 Å². The van der Waals surface area contributed by atoms with Crippen molar-refractivity contribution in [3.63, 3.8) is 0 Å². The van der Waals surface area contributed by atoms with Crippen LogP contribution in [-0.2, 0) is 17.8 Å². The minimum atomic E-state index is 0.138. The van der Waals surface area contributed by atoms with Crippen LogP contribution in [0.3, 0.4) is 0 Å². The largest absolute Gasteiger partial charge is 0.377 e. The Morgan fingerprint density at radius 1 is 1.48 bits per heavy atom. The van der Waals surface area contributed by atoms with Gasteiger partial charge in [0.25, 0.3) is 0 Å². The number of ether oxygens (including phenoxy) is 1. The lowest BCUT2D eigenvalue weighted by atomic mass is 9.55. The van der Waals surface area contributed by atoms with Gasteiger partial charge in [0.15, 0.2) is 5.96 Å². The highest BCUT2D eigenvalue weighted by atomic mass is 16.5. The number of rotatable bonds is 5. The van der Waals surface area contributed by atoms with Crippen molar-refractivity contribution in [1.29, 1.82) is 0 Å². The minimum Gasteiger partial charge on any atom is -0.377 e. The first-order valence-electron chi connectivity index (χ1n) is 9.52. The third kappa shape index (κ3) is 3.68. The molecule has 1 aromatic rings. The van der Waals surface area contributed by atoms with Gasteiger partial charge in [0.05, 0.1) is 12.6 Å². The number of nitrogens with one attached hydrogen (secondary N) is 2. The fourth-order valence-electron chi connectivity index (χ4n) is 4.39. The Morgan fingerprint density at radius 3 is 3.00 bits per heavy atom. The van der Waals surface area contributed by atoms with E-state index in [0.29, 0.717) is 30.5 Å². The van der Waals surface area contributed by atoms with Crippen LogP contribution in [-0.4, -0.2) is 41.3 Å². The second-order valence-electron chi connectivity index (χ2n) is 8.36. The zero-order chi connectivity index (χ0) is 18.0. The molecule has 3 rings (SSSR count). The van der Waals surface area contributed by atoms with E-state index in [-0.39, 0.29) is 5.41 Å². The predicted molar refractivity (Wildman–Crippen MR) is 100 cm³/mol. The van der Waals surface area contributed by atoms with Gasteiger partial charge in [-0.05, 0) is 18.8 Å². The SMILES string of the molecule is CN=C(NCc1nccn1CC(C)C)NC1C2CCCOC2C1(C)C. The summed E-state index contributed by atoms with van der Waals surface area (Å²) in [5.74, 6) is 3.08. The molecule has 0 radical (unpaired) electrons. The maximum absolute atomic E-state index is 6.00. The van der Waals surface area contributed by atoms with Crippen molar-refractivity contribution in [3.05, 3.63) is 18.2 Å². The Morgan fingerprint density at radius 2 is 2.28 bits per heavy atom. The number of hydrogen-bond donors (Lipinski definition) is 2. The van der Waals surface area contributed by atoms with E-state index in [1.165, 1.54) is 6.42 Å². The van der Waals surface area contributed by atoms with Crippen LogP contribution in [0.2, 0.25) is 0 Å². The van der Waals surface area contributed by atoms with Crippen LogP contribution in [0.1, 0.15) is 46.4 Å². The fraction of sp³-hybridized carbons (Fsp3) is 0.789. The molecule has 140 valence electrons. The number of nitrogens with zero attached hydrogens (tertiary/aromatic N) is 3. The Kier molecular flexibility index (Phi) is 5.37. The zero-order valence-corrected chi connectivity index (χ0v) is 16.2. The lowest BCUT2D eigenvalue weighted by molar-refractivity contribution is -0.188. The van der Waals surface area contributed by atoms with Crippen LogP contribution in [0.15, 0.2) is 17.4 Å². The van der Waals surface area contributed by atoms with Crippen LogP contribution < -0.4 is 10.6 Å². The molecule has 2 heterocycles. The topological polar surface area (TPSA) is 63.5 Å². The Bertz CT molecular complexity index is 607. The standard InChI is InChI=1S/C19H33N5O/c1-13(2)12-24-9-8-21-15(24)11-22-18(20-5)23-16-14-7-6-10-25-17(14)19(16,3)4/h8-9,13-14,16-17H,6-7,10-12H2,1-5H3,(H2,20,22,23). The van der Waals surface area contributed by atoms with E-state index in [2.05, 4.69) is 52.9 Å². The quantitative estimate of drug-likeness (QED) is 0.634. The van der Waals surface area contributed by atoms with Gasteiger partial charge in [-0.15, -0.1) is 0 Å². The fourth-order valence-corrected chi connectivity index (χ4v) is 4.39. The summed E-state index contributed by atoms with van der Waals surface area (Å²) < 4.78 is 8.21. The average molecular weight is 348 g/mol. The van der Waals surface area contributed by atoms with E-state index in [9.17, 15) is 0 Å². The Labute approximate surface area is 151 Å². The third-order valence-corrected chi connectivity index (χ3v) is 5.62. The molecule has 3 unspecified atom stereocenters. The summed E-state index contributed by atoms with van der Waals surface area (Å²) in [5.41, 5.74) is 0.138. The Balaban J connectivity index is 1.58. The molecule has 1 aliphatic heterocycles. The van der Waals surface area contributed by atoms with Gasteiger partial charge in [-0.1, -0.05) is 27.7 Å². The maximum Gasteiger partial charge on any atom is 0.191 e. The van der Waals surface area contributed by atoms with Gasteiger partial charge >= 0.3 is 0 Å². The summed E-state index contributed by atoms with van der Waals surface area (Å²) in [7, 11) is 1.83. The van der Waals surface area contributed by atoms with Crippen LogP contribution in [0.5, 0.6) is 0 Å². The number of aromatic nitrogens is 2. The molecule has 3 atom stereocenters. The molecule has 1 aliphatic carbocycles. The normalized spacial score (nSPS) is 28.4. The molecule has 6 heteroatoms. The number of guanidine groups is 1. The highest BCUT2D eigenvalue weighted by molar-refractivity contribution is 5.80. The molecule has 2 N–H and O–H groups in total. The lowest BCUT2D eigenvalue weighted by Crippen LogP contribution is -2.71. The van der Waals surface area contributed by atoms with Gasteiger partial charge < -0.3 is 19.9 Å². The molecule has 0 spiro atoms. The van der Waals surface area contributed by atoms with Crippen LogP contribution in [0, 0.1) is 17.3 Å². The van der Waals surface area contributed by atoms with Gasteiger partial charge in [-0.25, -0.2) is 4.98 Å². The first-order valence-corrected chi connectivity index (χ1v) is 9.52. The number of imidazole rings is 1. The van der Waals surface area contributed by atoms with E-state index >= 15 is 0 Å². The summed E-state index contributed by atoms with van der Waals surface area (Å²) in [5, 5.41) is 7.07. The van der Waals surface area contributed by atoms with Gasteiger partial charge in [0, 0.05) is 50.0 Å². The number of fused-ring (bicyclic) bond motifs is 1. The van der Waals surface area contributed by atoms with Crippen LogP contribution >= 0.6 is 0 Å². The summed E-state index contributed by atoms with van der Waals surface area (Å²) >= 11 is 0.